The lowest BCUT2D eigenvalue weighted by molar-refractivity contribution is -0.162. The number of Topliss-reactive ketones (excluding diaryl/α,β-unsaturated/α-hetero) is 1. The summed E-state index contributed by atoms with van der Waals surface area (Å²) in [5, 5.41) is 5.06. The third-order valence-electron chi connectivity index (χ3n) is 7.40. The molecular formula is C24H27F4N3O4. The zero-order valence-electron chi connectivity index (χ0n) is 18.9. The van der Waals surface area contributed by atoms with E-state index in [1.807, 2.05) is 0 Å². The van der Waals surface area contributed by atoms with Gasteiger partial charge >= 0.3 is 5.92 Å². The summed E-state index contributed by atoms with van der Waals surface area (Å²) in [7, 11) is 0. The summed E-state index contributed by atoms with van der Waals surface area (Å²) >= 11 is 0. The van der Waals surface area contributed by atoms with Crippen LogP contribution in [0, 0.1) is 23.6 Å². The minimum absolute atomic E-state index is 0.0702. The molecule has 1 saturated carbocycles. The topological polar surface area (TPSA) is 95.6 Å². The number of alkyl halides is 3. The second-order valence-corrected chi connectivity index (χ2v) is 9.52. The van der Waals surface area contributed by atoms with E-state index in [1.165, 1.54) is 0 Å². The normalized spacial score (nSPS) is 26.9. The van der Waals surface area contributed by atoms with Crippen LogP contribution in [0.1, 0.15) is 37.7 Å². The average molecular weight is 497 g/mol. The van der Waals surface area contributed by atoms with Crippen LogP contribution in [-0.2, 0) is 25.1 Å². The van der Waals surface area contributed by atoms with Gasteiger partial charge in [-0.05, 0) is 49.7 Å². The molecule has 0 aromatic heterocycles. The van der Waals surface area contributed by atoms with E-state index in [0.29, 0.717) is 31.9 Å². The molecule has 3 fully saturated rings. The number of hydrogen-bond acceptors (Lipinski definition) is 4. The molecule has 11 heteroatoms. The largest absolute Gasteiger partial charge is 0.356 e. The van der Waals surface area contributed by atoms with Gasteiger partial charge in [-0.25, -0.2) is 8.78 Å². The summed E-state index contributed by atoms with van der Waals surface area (Å²) in [6.45, 7) is -1.03. The predicted octanol–water partition coefficient (Wildman–Crippen LogP) is 2.09. The van der Waals surface area contributed by atoms with Crippen molar-refractivity contribution in [2.45, 2.75) is 50.1 Å². The molecular weight excluding hydrogens is 470 g/mol. The quantitative estimate of drug-likeness (QED) is 0.538. The number of likely N-dealkylation sites (tertiary alicyclic amines) is 1. The number of benzene rings is 1. The number of nitrogens with one attached hydrogen (secondary N) is 2. The number of rotatable bonds is 8. The van der Waals surface area contributed by atoms with Crippen molar-refractivity contribution in [3.05, 3.63) is 35.6 Å². The zero-order valence-corrected chi connectivity index (χ0v) is 18.9. The number of hydrogen-bond donors (Lipinski definition) is 2. The molecule has 7 nitrogen and oxygen atoms in total. The number of carbonyl (C=O) groups excluding carboxylic acids is 4. The maximum Gasteiger partial charge on any atom is 0.350 e. The number of ketones is 1. The number of carbonyl (C=O) groups is 4. The van der Waals surface area contributed by atoms with E-state index in [-0.39, 0.29) is 24.8 Å². The van der Waals surface area contributed by atoms with Crippen molar-refractivity contribution in [2.24, 2.45) is 17.8 Å². The molecule has 2 aliphatic heterocycles. The first kappa shape index (κ1) is 25.1. The maximum atomic E-state index is 15.1. The SMILES string of the molecule is O=C1NCC[C@H]1C[C@H](NC(=O)[C@H]1[C@H]2CCC[C@H]2CN1C(=O)C(F)(F)c1cccc(F)c1)C(=O)CF. The Morgan fingerprint density at radius 1 is 1.20 bits per heavy atom. The average Bonchev–Trinajstić information content (AvgIpc) is 3.53. The second kappa shape index (κ2) is 9.94. The van der Waals surface area contributed by atoms with Crippen LogP contribution in [0.15, 0.2) is 24.3 Å². The van der Waals surface area contributed by atoms with Gasteiger partial charge in [-0.3, -0.25) is 19.2 Å². The molecule has 1 aromatic carbocycles. The molecule has 1 aromatic rings. The van der Waals surface area contributed by atoms with Crippen LogP contribution in [0.4, 0.5) is 17.6 Å². The Morgan fingerprint density at radius 3 is 2.63 bits per heavy atom. The van der Waals surface area contributed by atoms with Crippen molar-refractivity contribution in [1.29, 1.82) is 0 Å². The second-order valence-electron chi connectivity index (χ2n) is 9.52. The van der Waals surface area contributed by atoms with E-state index in [0.717, 1.165) is 29.5 Å². The first-order valence-electron chi connectivity index (χ1n) is 11.7. The molecule has 0 radical (unpaired) electrons. The highest BCUT2D eigenvalue weighted by molar-refractivity contribution is 5.95. The first-order valence-corrected chi connectivity index (χ1v) is 11.7. The molecule has 3 amide bonds. The maximum absolute atomic E-state index is 15.1. The van der Waals surface area contributed by atoms with Crippen molar-refractivity contribution in [1.82, 2.24) is 15.5 Å². The number of halogens is 4. The lowest BCUT2D eigenvalue weighted by atomic mass is 9.92. The fraction of sp³-hybridized carbons (Fsp3) is 0.583. The number of amides is 3. The highest BCUT2D eigenvalue weighted by atomic mass is 19.3. The minimum Gasteiger partial charge on any atom is -0.356 e. The van der Waals surface area contributed by atoms with E-state index in [1.54, 1.807) is 0 Å². The summed E-state index contributed by atoms with van der Waals surface area (Å²) in [4.78, 5) is 51.3. The Kier molecular flexibility index (Phi) is 7.14. The van der Waals surface area contributed by atoms with Gasteiger partial charge in [0.2, 0.25) is 11.8 Å². The van der Waals surface area contributed by atoms with Crippen LogP contribution in [0.3, 0.4) is 0 Å². The van der Waals surface area contributed by atoms with Gasteiger partial charge < -0.3 is 15.5 Å². The van der Waals surface area contributed by atoms with Crippen molar-refractivity contribution < 1.29 is 36.7 Å². The van der Waals surface area contributed by atoms with Gasteiger partial charge in [0.25, 0.3) is 5.91 Å². The summed E-state index contributed by atoms with van der Waals surface area (Å²) in [6.07, 6.45) is 2.25. The fourth-order valence-electron chi connectivity index (χ4n) is 5.61. The van der Waals surface area contributed by atoms with E-state index in [2.05, 4.69) is 10.6 Å². The van der Waals surface area contributed by atoms with E-state index in [4.69, 9.17) is 0 Å². The van der Waals surface area contributed by atoms with E-state index in [9.17, 15) is 28.0 Å². The monoisotopic (exact) mass is 497 g/mol. The Hall–Kier alpha value is -2.98. The van der Waals surface area contributed by atoms with Gasteiger partial charge in [-0.1, -0.05) is 18.6 Å². The van der Waals surface area contributed by atoms with Gasteiger partial charge in [0.15, 0.2) is 5.78 Å². The first-order chi connectivity index (χ1) is 16.6. The Labute approximate surface area is 199 Å². The van der Waals surface area contributed by atoms with Crippen LogP contribution < -0.4 is 10.6 Å². The van der Waals surface area contributed by atoms with Crippen molar-refractivity contribution in [3.8, 4) is 0 Å². The van der Waals surface area contributed by atoms with Gasteiger partial charge in [0.05, 0.1) is 6.04 Å². The van der Waals surface area contributed by atoms with Gasteiger partial charge in [0.1, 0.15) is 18.5 Å². The van der Waals surface area contributed by atoms with Gasteiger partial charge in [-0.15, -0.1) is 0 Å². The van der Waals surface area contributed by atoms with Crippen molar-refractivity contribution in [3.63, 3.8) is 0 Å². The molecule has 1 aliphatic carbocycles. The molecule has 2 heterocycles. The van der Waals surface area contributed by atoms with Gasteiger partial charge in [0, 0.05) is 24.6 Å². The van der Waals surface area contributed by atoms with Crippen LogP contribution in [-0.4, -0.2) is 60.3 Å². The zero-order chi connectivity index (χ0) is 25.3. The number of nitrogens with zero attached hydrogens (tertiary/aromatic N) is 1. The molecule has 3 aliphatic rings. The fourth-order valence-corrected chi connectivity index (χ4v) is 5.61. The molecule has 4 rings (SSSR count). The minimum atomic E-state index is -4.07. The molecule has 0 bridgehead atoms. The smallest absolute Gasteiger partial charge is 0.350 e. The third-order valence-corrected chi connectivity index (χ3v) is 7.40. The molecule has 2 N–H and O–H groups in total. The van der Waals surface area contributed by atoms with Crippen LogP contribution in [0.25, 0.3) is 0 Å². The molecule has 2 saturated heterocycles. The molecule has 5 atom stereocenters. The predicted molar refractivity (Wildman–Crippen MR) is 115 cm³/mol. The molecule has 0 spiro atoms. The Morgan fingerprint density at radius 2 is 1.97 bits per heavy atom. The summed E-state index contributed by atoms with van der Waals surface area (Å²) in [5.74, 6) is -9.84. The van der Waals surface area contributed by atoms with Crippen molar-refractivity contribution >= 4 is 23.5 Å². The van der Waals surface area contributed by atoms with E-state index >= 15 is 8.78 Å². The molecule has 35 heavy (non-hydrogen) atoms. The Bertz CT molecular complexity index is 1020. The lowest BCUT2D eigenvalue weighted by Crippen LogP contribution is -2.55. The number of fused-ring (bicyclic) bond motifs is 1. The van der Waals surface area contributed by atoms with E-state index < -0.39 is 65.5 Å². The van der Waals surface area contributed by atoms with Crippen LogP contribution in [0.5, 0.6) is 0 Å². The summed E-state index contributed by atoms with van der Waals surface area (Å²) in [5.41, 5.74) is -0.823. The summed E-state index contributed by atoms with van der Waals surface area (Å²) < 4.78 is 57.0. The molecule has 190 valence electrons. The van der Waals surface area contributed by atoms with Crippen molar-refractivity contribution in [2.75, 3.05) is 19.8 Å². The van der Waals surface area contributed by atoms with Gasteiger partial charge in [-0.2, -0.15) is 8.78 Å². The lowest BCUT2D eigenvalue weighted by Gasteiger charge is -2.31. The Balaban J connectivity index is 1.57. The van der Waals surface area contributed by atoms with Crippen LogP contribution >= 0.6 is 0 Å². The molecule has 0 unspecified atom stereocenters. The summed E-state index contributed by atoms with van der Waals surface area (Å²) in [6, 6.07) is 0.972. The third kappa shape index (κ3) is 4.90. The van der Waals surface area contributed by atoms with Crippen LogP contribution in [0.2, 0.25) is 0 Å². The standard InChI is InChI=1S/C24H27F4N3O4/c25-11-19(32)18(9-13-7-8-29-21(13)33)30-22(34)20-17-6-1-3-14(17)12-31(20)23(35)24(27,28)15-4-2-5-16(26)10-15/h2,4-5,10,13-14,17-18,20H,1,3,6-9,11-12H2,(H,29,33)(H,30,34)/t13-,14-,17-,18-,20+/m0/s1. The highest BCUT2D eigenvalue weighted by Crippen LogP contribution is 2.44. The highest BCUT2D eigenvalue weighted by Gasteiger charge is 2.55.